The summed E-state index contributed by atoms with van der Waals surface area (Å²) in [6.45, 7) is 7.45. The highest BCUT2D eigenvalue weighted by molar-refractivity contribution is 5.91. The van der Waals surface area contributed by atoms with Gasteiger partial charge in [-0.2, -0.15) is 0 Å². The smallest absolute Gasteiger partial charge is 0.319 e. The maximum absolute atomic E-state index is 12.5. The molecule has 3 rings (SSSR count). The molecule has 1 unspecified atom stereocenters. The van der Waals surface area contributed by atoms with Gasteiger partial charge in [0.25, 0.3) is 0 Å². The van der Waals surface area contributed by atoms with Gasteiger partial charge in [0.15, 0.2) is 0 Å². The van der Waals surface area contributed by atoms with Gasteiger partial charge >= 0.3 is 6.03 Å². The lowest BCUT2D eigenvalue weighted by Gasteiger charge is -2.23. The molecule has 5 heteroatoms. The van der Waals surface area contributed by atoms with E-state index in [4.69, 9.17) is 0 Å². The van der Waals surface area contributed by atoms with E-state index < -0.39 is 0 Å². The first-order valence-corrected chi connectivity index (χ1v) is 9.31. The highest BCUT2D eigenvalue weighted by Gasteiger charge is 2.30. The topological polar surface area (TPSA) is 61.4 Å². The molecule has 3 amide bonds. The molecule has 0 aromatic heterocycles. The number of carbonyl (C=O) groups is 2. The first kappa shape index (κ1) is 19.0. The fourth-order valence-electron chi connectivity index (χ4n) is 3.42. The molecule has 0 radical (unpaired) electrons. The minimum atomic E-state index is -0.272. The second kappa shape index (κ2) is 7.82. The van der Waals surface area contributed by atoms with Gasteiger partial charge in [0.1, 0.15) is 0 Å². The van der Waals surface area contributed by atoms with Crippen molar-refractivity contribution < 1.29 is 9.59 Å². The van der Waals surface area contributed by atoms with Gasteiger partial charge in [0, 0.05) is 25.2 Å². The van der Waals surface area contributed by atoms with Crippen LogP contribution in [0.1, 0.15) is 38.3 Å². The van der Waals surface area contributed by atoms with Crippen LogP contribution in [0.5, 0.6) is 0 Å². The predicted molar refractivity (Wildman–Crippen MR) is 108 cm³/mol. The van der Waals surface area contributed by atoms with Crippen LogP contribution in [-0.2, 0) is 16.8 Å². The fraction of sp³-hybridized carbons (Fsp3) is 0.364. The Morgan fingerprint density at radius 2 is 1.74 bits per heavy atom. The van der Waals surface area contributed by atoms with Gasteiger partial charge in [0.05, 0.1) is 6.04 Å². The summed E-state index contributed by atoms with van der Waals surface area (Å²) in [7, 11) is 0. The molecule has 1 atom stereocenters. The van der Waals surface area contributed by atoms with Crippen LogP contribution < -0.4 is 10.6 Å². The molecule has 2 aromatic rings. The number of anilines is 1. The average Bonchev–Trinajstić information content (AvgIpc) is 2.94. The number of amides is 3. The highest BCUT2D eigenvalue weighted by atomic mass is 16.2. The van der Waals surface area contributed by atoms with Crippen molar-refractivity contribution in [2.45, 2.75) is 45.2 Å². The van der Waals surface area contributed by atoms with Crippen LogP contribution in [-0.4, -0.2) is 29.4 Å². The Hall–Kier alpha value is -2.82. The lowest BCUT2D eigenvalue weighted by Crippen LogP contribution is -2.40. The molecule has 1 fully saturated rings. The molecule has 27 heavy (non-hydrogen) atoms. The predicted octanol–water partition coefficient (Wildman–Crippen LogP) is 3.91. The zero-order valence-electron chi connectivity index (χ0n) is 16.2. The Kier molecular flexibility index (Phi) is 5.49. The first-order chi connectivity index (χ1) is 12.8. The van der Waals surface area contributed by atoms with Crippen molar-refractivity contribution in [2.24, 2.45) is 0 Å². The Morgan fingerprint density at radius 3 is 2.44 bits per heavy atom. The van der Waals surface area contributed by atoms with E-state index in [2.05, 4.69) is 31.4 Å². The van der Waals surface area contributed by atoms with Crippen LogP contribution in [0, 0.1) is 0 Å². The van der Waals surface area contributed by atoms with Gasteiger partial charge in [-0.3, -0.25) is 4.79 Å². The molecule has 2 aromatic carbocycles. The lowest BCUT2D eigenvalue weighted by molar-refractivity contribution is -0.128. The summed E-state index contributed by atoms with van der Waals surface area (Å²) >= 11 is 0. The van der Waals surface area contributed by atoms with Gasteiger partial charge in [-0.1, -0.05) is 69.3 Å². The molecule has 0 spiro atoms. The van der Waals surface area contributed by atoms with Gasteiger partial charge in [-0.15, -0.1) is 0 Å². The third-order valence-electron chi connectivity index (χ3n) is 4.75. The summed E-state index contributed by atoms with van der Waals surface area (Å²) in [5, 5.41) is 5.88. The number of nitrogens with zero attached hydrogens (tertiary/aromatic N) is 1. The summed E-state index contributed by atoms with van der Waals surface area (Å²) < 4.78 is 0. The van der Waals surface area contributed by atoms with E-state index in [0.717, 1.165) is 16.8 Å². The SMILES string of the molecule is CC(C)(C)c1ccccc1NC(=O)NC1CC(=O)N(Cc2ccccc2)C1. The van der Waals surface area contributed by atoms with E-state index in [0.29, 0.717) is 19.5 Å². The highest BCUT2D eigenvalue weighted by Crippen LogP contribution is 2.29. The van der Waals surface area contributed by atoms with E-state index in [1.165, 1.54) is 0 Å². The monoisotopic (exact) mass is 365 g/mol. The van der Waals surface area contributed by atoms with Crippen molar-refractivity contribution in [3.63, 3.8) is 0 Å². The largest absolute Gasteiger partial charge is 0.336 e. The number of likely N-dealkylation sites (tertiary alicyclic amines) is 1. The van der Waals surface area contributed by atoms with Gasteiger partial charge in [-0.25, -0.2) is 4.79 Å². The standard InChI is InChI=1S/C22H27N3O2/c1-22(2,3)18-11-7-8-12-19(18)24-21(27)23-17-13-20(26)25(15-17)14-16-9-5-4-6-10-16/h4-12,17H,13-15H2,1-3H3,(H2,23,24,27). The summed E-state index contributed by atoms with van der Waals surface area (Å²) in [5.74, 6) is 0.0687. The molecule has 0 saturated carbocycles. The number of benzene rings is 2. The Bertz CT molecular complexity index is 812. The molecule has 1 aliphatic rings. The first-order valence-electron chi connectivity index (χ1n) is 9.31. The van der Waals surface area contributed by atoms with Crippen LogP contribution in [0.4, 0.5) is 10.5 Å². The van der Waals surface area contributed by atoms with E-state index in [1.54, 1.807) is 4.90 Å². The number of rotatable bonds is 4. The van der Waals surface area contributed by atoms with E-state index in [-0.39, 0.29) is 23.4 Å². The second-order valence-corrected chi connectivity index (χ2v) is 8.05. The minimum absolute atomic E-state index is 0.0687. The van der Waals surface area contributed by atoms with E-state index in [1.807, 2.05) is 54.6 Å². The maximum atomic E-state index is 12.5. The molecule has 1 aliphatic heterocycles. The molecule has 0 bridgehead atoms. The van der Waals surface area contributed by atoms with Crippen LogP contribution >= 0.6 is 0 Å². The van der Waals surface area contributed by atoms with Crippen molar-refractivity contribution >= 4 is 17.6 Å². The summed E-state index contributed by atoms with van der Waals surface area (Å²) in [6, 6.07) is 17.3. The maximum Gasteiger partial charge on any atom is 0.319 e. The molecule has 0 aliphatic carbocycles. The number of urea groups is 1. The molecule has 1 heterocycles. The Balaban J connectivity index is 1.59. The minimum Gasteiger partial charge on any atom is -0.336 e. The molecule has 5 nitrogen and oxygen atoms in total. The van der Waals surface area contributed by atoms with Gasteiger partial charge in [-0.05, 0) is 22.6 Å². The fourth-order valence-corrected chi connectivity index (χ4v) is 3.42. The van der Waals surface area contributed by atoms with Crippen LogP contribution in [0.3, 0.4) is 0 Å². The number of carbonyl (C=O) groups excluding carboxylic acids is 2. The second-order valence-electron chi connectivity index (χ2n) is 8.05. The summed E-state index contributed by atoms with van der Waals surface area (Å²) in [5.41, 5.74) is 2.90. The van der Waals surface area contributed by atoms with Crippen LogP contribution in [0.15, 0.2) is 54.6 Å². The Labute approximate surface area is 160 Å². The number of hydrogen-bond acceptors (Lipinski definition) is 2. The van der Waals surface area contributed by atoms with Gasteiger partial charge < -0.3 is 15.5 Å². The number of para-hydroxylation sites is 1. The number of hydrogen-bond donors (Lipinski definition) is 2. The van der Waals surface area contributed by atoms with Crippen molar-refractivity contribution in [3.05, 3.63) is 65.7 Å². The normalized spacial score (nSPS) is 17.1. The third kappa shape index (κ3) is 4.88. The Morgan fingerprint density at radius 1 is 1.07 bits per heavy atom. The third-order valence-corrected chi connectivity index (χ3v) is 4.75. The number of nitrogens with one attached hydrogen (secondary N) is 2. The van der Waals surface area contributed by atoms with Crippen molar-refractivity contribution in [2.75, 3.05) is 11.9 Å². The van der Waals surface area contributed by atoms with Crippen molar-refractivity contribution in [1.29, 1.82) is 0 Å². The van der Waals surface area contributed by atoms with E-state index >= 15 is 0 Å². The summed E-state index contributed by atoms with van der Waals surface area (Å²) in [4.78, 5) is 26.5. The lowest BCUT2D eigenvalue weighted by atomic mass is 9.86. The molecule has 142 valence electrons. The molecular weight excluding hydrogens is 338 g/mol. The molecule has 1 saturated heterocycles. The van der Waals surface area contributed by atoms with Crippen LogP contribution in [0.25, 0.3) is 0 Å². The quantitative estimate of drug-likeness (QED) is 0.863. The van der Waals surface area contributed by atoms with Crippen molar-refractivity contribution in [1.82, 2.24) is 10.2 Å². The molecule has 2 N–H and O–H groups in total. The van der Waals surface area contributed by atoms with E-state index in [9.17, 15) is 9.59 Å². The molecular formula is C22H27N3O2. The van der Waals surface area contributed by atoms with Crippen molar-refractivity contribution in [3.8, 4) is 0 Å². The summed E-state index contributed by atoms with van der Waals surface area (Å²) in [6.07, 6.45) is 0.334. The van der Waals surface area contributed by atoms with Gasteiger partial charge in [0.2, 0.25) is 5.91 Å². The zero-order chi connectivity index (χ0) is 19.4. The zero-order valence-corrected chi connectivity index (χ0v) is 16.2. The average molecular weight is 365 g/mol. The van der Waals surface area contributed by atoms with Crippen LogP contribution in [0.2, 0.25) is 0 Å².